The van der Waals surface area contributed by atoms with Gasteiger partial charge in [0, 0.05) is 53.5 Å². The van der Waals surface area contributed by atoms with Gasteiger partial charge in [0.05, 0.1) is 13.1 Å². The Morgan fingerprint density at radius 2 is 1.60 bits per heavy atom. The van der Waals surface area contributed by atoms with Gasteiger partial charge < -0.3 is 14.4 Å². The Morgan fingerprint density at radius 3 is 2.44 bits per heavy atom. The summed E-state index contributed by atoms with van der Waals surface area (Å²) in [7, 11) is 1.83. The molecule has 1 aliphatic rings. The van der Waals surface area contributed by atoms with Crippen molar-refractivity contribution in [3.05, 3.63) is 155 Å². The molecule has 2 aromatic heterocycles. The van der Waals surface area contributed by atoms with Crippen LogP contribution in [0, 0.1) is 0 Å². The average Bonchev–Trinajstić information content (AvgIpc) is 3.39. The van der Waals surface area contributed by atoms with Crippen molar-refractivity contribution >= 4 is 39.9 Å². The van der Waals surface area contributed by atoms with Crippen LogP contribution in [-0.2, 0) is 19.5 Å². The average molecular weight is 611 g/mol. The van der Waals surface area contributed by atoms with Crippen LogP contribution in [0.2, 0.25) is 5.02 Å². The first-order chi connectivity index (χ1) is 22.0. The number of hydrogen-bond donors (Lipinski definition) is 0. The van der Waals surface area contributed by atoms with Crippen LogP contribution in [0.1, 0.15) is 37.7 Å². The third-order valence-corrected chi connectivity index (χ3v) is 8.91. The summed E-state index contributed by atoms with van der Waals surface area (Å²) >= 11 is 6.87. The summed E-state index contributed by atoms with van der Waals surface area (Å²) in [6, 6.07) is 35.6. The Bertz CT molecular complexity index is 2050. The molecule has 1 aliphatic heterocycles. The zero-order chi connectivity index (χ0) is 30.9. The van der Waals surface area contributed by atoms with E-state index in [1.54, 1.807) is 28.3 Å². The Hall–Kier alpha value is -5.20. The number of carbonyl (C=O) groups is 2. The molecule has 222 valence electrons. The van der Waals surface area contributed by atoms with Gasteiger partial charge in [-0.3, -0.25) is 14.6 Å². The number of amides is 2. The summed E-state index contributed by atoms with van der Waals surface area (Å²) in [5.74, 6) is -0.200. The number of aromatic nitrogens is 2. The number of fused-ring (bicyclic) bond motifs is 3. The van der Waals surface area contributed by atoms with Crippen molar-refractivity contribution in [3.8, 4) is 11.1 Å². The van der Waals surface area contributed by atoms with E-state index < -0.39 is 0 Å². The number of rotatable bonds is 6. The van der Waals surface area contributed by atoms with Crippen LogP contribution in [0.4, 0.5) is 5.69 Å². The summed E-state index contributed by atoms with van der Waals surface area (Å²) in [4.78, 5) is 35.4. The molecule has 45 heavy (non-hydrogen) atoms. The lowest BCUT2D eigenvalue weighted by molar-refractivity contribution is 0.0786. The van der Waals surface area contributed by atoms with Crippen LogP contribution in [-0.4, -0.2) is 39.9 Å². The van der Waals surface area contributed by atoms with Crippen molar-refractivity contribution in [3.63, 3.8) is 0 Å². The standard InChI is InChI=1S/C38H31ClN4O2/c1-41(22-19-26-17-20-40-21-18-26)38(45)36-16-14-30-25-43(35-12-5-3-8-29(35)24-42(30)36)37(44)28-13-15-33(34(39)23-28)32-11-6-9-27-7-2-4-10-31(27)32/h2-18,20-21,23H,19,22,24-25H2,1H3. The second kappa shape index (κ2) is 12.1. The number of benzene rings is 4. The van der Waals surface area contributed by atoms with E-state index in [0.29, 0.717) is 35.9 Å². The molecular formula is C38H31ClN4O2. The first-order valence-electron chi connectivity index (χ1n) is 15.0. The van der Waals surface area contributed by atoms with Crippen molar-refractivity contribution in [2.24, 2.45) is 0 Å². The van der Waals surface area contributed by atoms with E-state index in [2.05, 4.69) is 29.2 Å². The van der Waals surface area contributed by atoms with Gasteiger partial charge in [-0.05, 0) is 76.3 Å². The number of nitrogens with zero attached hydrogens (tertiary/aromatic N) is 4. The Morgan fingerprint density at radius 1 is 0.822 bits per heavy atom. The summed E-state index contributed by atoms with van der Waals surface area (Å²) in [5, 5.41) is 2.76. The number of para-hydroxylation sites is 1. The molecule has 0 aliphatic carbocycles. The molecule has 0 unspecified atom stereocenters. The van der Waals surface area contributed by atoms with Gasteiger partial charge in [0.25, 0.3) is 11.8 Å². The van der Waals surface area contributed by atoms with Crippen LogP contribution in [0.25, 0.3) is 21.9 Å². The number of pyridine rings is 1. The molecule has 0 fully saturated rings. The van der Waals surface area contributed by atoms with E-state index in [9.17, 15) is 9.59 Å². The normalized spacial score (nSPS) is 12.4. The summed E-state index contributed by atoms with van der Waals surface area (Å²) in [5.41, 5.74) is 6.83. The number of halogens is 1. The Labute approximate surface area is 267 Å². The Balaban J connectivity index is 1.18. The molecule has 2 amide bonds. The molecule has 0 saturated heterocycles. The fourth-order valence-corrected chi connectivity index (χ4v) is 6.44. The molecule has 7 heteroatoms. The molecule has 7 rings (SSSR count). The SMILES string of the molecule is CN(CCc1ccncc1)C(=O)c1ccc2n1Cc1ccccc1N(C(=O)c1ccc(-c3cccc4ccccc34)c(Cl)c1)C2. The highest BCUT2D eigenvalue weighted by molar-refractivity contribution is 6.34. The fraction of sp³-hybridized carbons (Fsp3) is 0.132. The highest BCUT2D eigenvalue weighted by Gasteiger charge is 2.28. The van der Waals surface area contributed by atoms with Gasteiger partial charge in [-0.1, -0.05) is 78.3 Å². The molecule has 0 atom stereocenters. The minimum Gasteiger partial charge on any atom is -0.340 e. The van der Waals surface area contributed by atoms with Crippen molar-refractivity contribution in [2.45, 2.75) is 19.5 Å². The zero-order valence-electron chi connectivity index (χ0n) is 24.9. The molecule has 6 nitrogen and oxygen atoms in total. The molecule has 3 heterocycles. The fourth-order valence-electron chi connectivity index (χ4n) is 6.15. The number of hydrogen-bond acceptors (Lipinski definition) is 3. The van der Waals surface area contributed by atoms with Crippen molar-refractivity contribution in [1.29, 1.82) is 0 Å². The highest BCUT2D eigenvalue weighted by atomic mass is 35.5. The lowest BCUT2D eigenvalue weighted by Gasteiger charge is -2.23. The molecule has 0 bridgehead atoms. The van der Waals surface area contributed by atoms with Gasteiger partial charge in [-0.25, -0.2) is 0 Å². The van der Waals surface area contributed by atoms with Crippen LogP contribution in [0.3, 0.4) is 0 Å². The molecule has 0 N–H and O–H groups in total. The maximum atomic E-state index is 14.2. The van der Waals surface area contributed by atoms with Crippen LogP contribution < -0.4 is 4.90 Å². The predicted octanol–water partition coefficient (Wildman–Crippen LogP) is 7.88. The second-order valence-electron chi connectivity index (χ2n) is 11.4. The van der Waals surface area contributed by atoms with E-state index in [-0.39, 0.29) is 11.8 Å². The lowest BCUT2D eigenvalue weighted by Crippen LogP contribution is -2.31. The topological polar surface area (TPSA) is 58.4 Å². The molecule has 6 aromatic rings. The smallest absolute Gasteiger partial charge is 0.270 e. The van der Waals surface area contributed by atoms with Crippen LogP contribution >= 0.6 is 11.6 Å². The predicted molar refractivity (Wildman–Crippen MR) is 180 cm³/mol. The zero-order valence-corrected chi connectivity index (χ0v) is 25.6. The number of carbonyl (C=O) groups excluding carboxylic acids is 2. The van der Waals surface area contributed by atoms with Gasteiger partial charge >= 0.3 is 0 Å². The first-order valence-corrected chi connectivity index (χ1v) is 15.4. The first kappa shape index (κ1) is 28.6. The summed E-state index contributed by atoms with van der Waals surface area (Å²) in [6.45, 7) is 1.40. The van der Waals surface area contributed by atoms with Crippen molar-refractivity contribution in [1.82, 2.24) is 14.5 Å². The molecular weight excluding hydrogens is 580 g/mol. The maximum Gasteiger partial charge on any atom is 0.270 e. The monoisotopic (exact) mass is 610 g/mol. The van der Waals surface area contributed by atoms with E-state index in [1.807, 2.05) is 90.5 Å². The van der Waals surface area contributed by atoms with Gasteiger partial charge in [-0.2, -0.15) is 0 Å². The molecule has 0 spiro atoms. The van der Waals surface area contributed by atoms with Crippen LogP contribution in [0.5, 0.6) is 0 Å². The number of anilines is 1. The Kier molecular flexibility index (Phi) is 7.66. The van der Waals surface area contributed by atoms with Crippen molar-refractivity contribution < 1.29 is 9.59 Å². The minimum absolute atomic E-state index is 0.0524. The maximum absolute atomic E-state index is 14.2. The summed E-state index contributed by atoms with van der Waals surface area (Å²) < 4.78 is 2.04. The van der Waals surface area contributed by atoms with Crippen LogP contribution in [0.15, 0.2) is 122 Å². The largest absolute Gasteiger partial charge is 0.340 e. The molecule has 0 radical (unpaired) electrons. The molecule has 4 aromatic carbocycles. The third-order valence-electron chi connectivity index (χ3n) is 8.59. The van der Waals surface area contributed by atoms with E-state index >= 15 is 0 Å². The van der Waals surface area contributed by atoms with Gasteiger partial charge in [0.1, 0.15) is 5.69 Å². The highest BCUT2D eigenvalue weighted by Crippen LogP contribution is 2.36. The van der Waals surface area contributed by atoms with E-state index in [4.69, 9.17) is 11.6 Å². The minimum atomic E-state index is -0.147. The second-order valence-corrected chi connectivity index (χ2v) is 11.8. The van der Waals surface area contributed by atoms with E-state index in [0.717, 1.165) is 50.8 Å². The van der Waals surface area contributed by atoms with Gasteiger partial charge in [0.15, 0.2) is 0 Å². The molecule has 0 saturated carbocycles. The lowest BCUT2D eigenvalue weighted by atomic mass is 9.97. The van der Waals surface area contributed by atoms with Gasteiger partial charge in [-0.15, -0.1) is 0 Å². The van der Waals surface area contributed by atoms with E-state index in [1.165, 1.54) is 0 Å². The summed E-state index contributed by atoms with van der Waals surface area (Å²) in [6.07, 6.45) is 4.27. The number of likely N-dealkylation sites (N-methyl/N-ethyl adjacent to an activating group) is 1. The van der Waals surface area contributed by atoms with Gasteiger partial charge in [0.2, 0.25) is 0 Å². The third kappa shape index (κ3) is 5.49. The van der Waals surface area contributed by atoms with Crippen molar-refractivity contribution in [2.75, 3.05) is 18.5 Å². The quantitative estimate of drug-likeness (QED) is 0.193.